The first kappa shape index (κ1) is 19.4. The van der Waals surface area contributed by atoms with Crippen LogP contribution in [0.3, 0.4) is 0 Å². The van der Waals surface area contributed by atoms with E-state index in [4.69, 9.17) is 0 Å². The lowest BCUT2D eigenvalue weighted by Crippen LogP contribution is -2.33. The highest BCUT2D eigenvalue weighted by molar-refractivity contribution is 6.22. The van der Waals surface area contributed by atoms with Crippen molar-refractivity contribution in [3.63, 3.8) is 0 Å². The Balaban J connectivity index is 1.92. The third-order valence-corrected chi connectivity index (χ3v) is 4.79. The van der Waals surface area contributed by atoms with E-state index < -0.39 is 18.0 Å². The summed E-state index contributed by atoms with van der Waals surface area (Å²) in [5, 5.41) is 2.79. The summed E-state index contributed by atoms with van der Waals surface area (Å²) in [6.45, 7) is 2.35. The van der Waals surface area contributed by atoms with Crippen LogP contribution in [0.25, 0.3) is 0 Å². The molecule has 1 unspecified atom stereocenters. The molecule has 148 valence electrons. The molecule has 2 aliphatic rings. The number of ether oxygens (including phenoxy) is 2. The second-order valence-electron chi connectivity index (χ2n) is 6.51. The summed E-state index contributed by atoms with van der Waals surface area (Å²) in [4.78, 5) is 51.6. The topological polar surface area (TPSA) is 105 Å². The minimum Gasteiger partial charge on any atom is -0.466 e. The molecule has 0 aromatic heterocycles. The number of carbonyl (C=O) groups is 4. The summed E-state index contributed by atoms with van der Waals surface area (Å²) in [5.41, 5.74) is 1.43. The molecule has 9 nitrogen and oxygen atoms in total. The maximum Gasteiger partial charge on any atom is 0.354 e. The first-order valence-electron chi connectivity index (χ1n) is 8.77. The lowest BCUT2D eigenvalue weighted by atomic mass is 10.1. The Morgan fingerprint density at radius 1 is 1.21 bits per heavy atom. The molecule has 1 N–H and O–H groups in total. The molecule has 0 saturated carbocycles. The fraction of sp³-hybridized carbons (Fsp3) is 0.368. The summed E-state index contributed by atoms with van der Waals surface area (Å²) in [6.07, 6.45) is 2.44. The quantitative estimate of drug-likeness (QED) is 0.464. The zero-order valence-electron chi connectivity index (χ0n) is 15.9. The van der Waals surface area contributed by atoms with Gasteiger partial charge in [0.05, 0.1) is 26.0 Å². The number of urea groups is 1. The molecule has 9 heteroatoms. The van der Waals surface area contributed by atoms with Gasteiger partial charge in [0.1, 0.15) is 11.7 Å². The number of nitrogens with one attached hydrogen (secondary N) is 1. The molecular formula is C19H21N3O6. The monoisotopic (exact) mass is 387 g/mol. The Kier molecular flexibility index (Phi) is 5.34. The number of imide groups is 1. The van der Waals surface area contributed by atoms with Gasteiger partial charge in [-0.15, -0.1) is 0 Å². The summed E-state index contributed by atoms with van der Waals surface area (Å²) in [7, 11) is 2.37. The fourth-order valence-corrected chi connectivity index (χ4v) is 3.36. The summed E-state index contributed by atoms with van der Waals surface area (Å²) in [6, 6.07) is 4.22. The van der Waals surface area contributed by atoms with Crippen molar-refractivity contribution in [1.82, 2.24) is 4.90 Å². The largest absolute Gasteiger partial charge is 0.466 e. The molecule has 2 saturated heterocycles. The molecular weight excluding hydrogens is 366 g/mol. The van der Waals surface area contributed by atoms with E-state index in [-0.39, 0.29) is 17.6 Å². The van der Waals surface area contributed by atoms with Crippen LogP contribution in [-0.4, -0.2) is 55.6 Å². The van der Waals surface area contributed by atoms with Crippen LogP contribution in [0, 0.1) is 6.92 Å². The Bertz CT molecular complexity index is 856. The molecule has 1 atom stereocenters. The smallest absolute Gasteiger partial charge is 0.354 e. The molecule has 2 fully saturated rings. The number of rotatable bonds is 5. The molecule has 2 heterocycles. The molecule has 3 rings (SSSR count). The summed E-state index contributed by atoms with van der Waals surface area (Å²) in [5.74, 6) is -1.74. The van der Waals surface area contributed by atoms with Crippen LogP contribution >= 0.6 is 0 Å². The number of aryl methyl sites for hydroxylation is 1. The average molecular weight is 387 g/mol. The van der Waals surface area contributed by atoms with E-state index in [9.17, 15) is 19.2 Å². The minimum absolute atomic E-state index is 0.135. The Labute approximate surface area is 161 Å². The first-order chi connectivity index (χ1) is 13.4. The highest BCUT2D eigenvalue weighted by Crippen LogP contribution is 2.34. The molecule has 1 aromatic rings. The number of hydrogen-bond acceptors (Lipinski definition) is 7. The van der Waals surface area contributed by atoms with Crippen molar-refractivity contribution in [2.24, 2.45) is 0 Å². The maximum absolute atomic E-state index is 12.7. The van der Waals surface area contributed by atoms with E-state index in [0.29, 0.717) is 24.3 Å². The number of anilines is 2. The summed E-state index contributed by atoms with van der Waals surface area (Å²) >= 11 is 0. The van der Waals surface area contributed by atoms with Gasteiger partial charge in [0.25, 0.3) is 5.91 Å². The van der Waals surface area contributed by atoms with Gasteiger partial charge < -0.3 is 19.7 Å². The lowest BCUT2D eigenvalue weighted by Gasteiger charge is -2.19. The van der Waals surface area contributed by atoms with Gasteiger partial charge in [-0.1, -0.05) is 6.07 Å². The number of benzene rings is 1. The molecule has 0 radical (unpaired) electrons. The van der Waals surface area contributed by atoms with Crippen molar-refractivity contribution in [3.8, 4) is 0 Å². The van der Waals surface area contributed by atoms with Gasteiger partial charge >= 0.3 is 18.0 Å². The molecule has 0 spiro atoms. The molecule has 2 aliphatic heterocycles. The predicted molar refractivity (Wildman–Crippen MR) is 99.5 cm³/mol. The third-order valence-electron chi connectivity index (χ3n) is 4.79. The molecule has 0 aliphatic carbocycles. The minimum atomic E-state index is -0.763. The van der Waals surface area contributed by atoms with Crippen LogP contribution in [0.2, 0.25) is 0 Å². The van der Waals surface area contributed by atoms with Crippen molar-refractivity contribution in [3.05, 3.63) is 35.5 Å². The summed E-state index contributed by atoms with van der Waals surface area (Å²) < 4.78 is 9.21. The van der Waals surface area contributed by atoms with E-state index in [1.54, 1.807) is 30.0 Å². The number of carbonyl (C=O) groups excluding carboxylic acids is 4. The van der Waals surface area contributed by atoms with Crippen LogP contribution in [0.1, 0.15) is 18.4 Å². The lowest BCUT2D eigenvalue weighted by molar-refractivity contribution is -0.138. The average Bonchev–Trinajstić information content (AvgIpc) is 3.26. The van der Waals surface area contributed by atoms with E-state index >= 15 is 0 Å². The van der Waals surface area contributed by atoms with E-state index in [1.807, 2.05) is 0 Å². The van der Waals surface area contributed by atoms with Crippen molar-refractivity contribution in [1.29, 1.82) is 0 Å². The first-order valence-corrected chi connectivity index (χ1v) is 8.77. The van der Waals surface area contributed by atoms with Gasteiger partial charge in [-0.25, -0.2) is 19.3 Å². The van der Waals surface area contributed by atoms with Gasteiger partial charge in [-0.2, -0.15) is 0 Å². The SMILES string of the molecule is COC(=O)/C=C(/Nc1ccc(C)c(N2C(=O)C3CCCN3C2=O)c1)C(=O)OC. The highest BCUT2D eigenvalue weighted by Gasteiger charge is 2.48. The number of methoxy groups -OCH3 is 2. The Hall–Kier alpha value is -3.36. The number of esters is 2. The molecule has 0 bridgehead atoms. The van der Waals surface area contributed by atoms with Crippen LogP contribution in [0.15, 0.2) is 30.0 Å². The van der Waals surface area contributed by atoms with Crippen molar-refractivity contribution < 1.29 is 28.7 Å². The standard InChI is InChI=1S/C19H21N3O6/c1-11-6-7-12(20-13(18(25)28-3)10-16(23)27-2)9-15(11)22-17(24)14-5-4-8-21(14)19(22)26/h6-7,9-10,14,20H,4-5,8H2,1-3H3/b13-10+. The van der Waals surface area contributed by atoms with Gasteiger partial charge in [0.15, 0.2) is 0 Å². The maximum atomic E-state index is 12.7. The molecule has 28 heavy (non-hydrogen) atoms. The molecule has 3 amide bonds. The van der Waals surface area contributed by atoms with Gasteiger partial charge in [0.2, 0.25) is 0 Å². The van der Waals surface area contributed by atoms with Crippen molar-refractivity contribution >= 4 is 35.3 Å². The van der Waals surface area contributed by atoms with Gasteiger partial charge in [-0.05, 0) is 37.5 Å². The molecule has 1 aromatic carbocycles. The number of hydrogen-bond donors (Lipinski definition) is 1. The van der Waals surface area contributed by atoms with Gasteiger partial charge in [0, 0.05) is 12.2 Å². The van der Waals surface area contributed by atoms with E-state index in [0.717, 1.165) is 18.1 Å². The van der Waals surface area contributed by atoms with Crippen LogP contribution in [-0.2, 0) is 23.9 Å². The zero-order valence-corrected chi connectivity index (χ0v) is 15.9. The predicted octanol–water partition coefficient (Wildman–Crippen LogP) is 1.57. The number of fused-ring (bicyclic) bond motifs is 1. The zero-order chi connectivity index (χ0) is 20.4. The second-order valence-corrected chi connectivity index (χ2v) is 6.51. The van der Waals surface area contributed by atoms with Gasteiger partial charge in [-0.3, -0.25) is 4.79 Å². The van der Waals surface area contributed by atoms with Crippen molar-refractivity contribution in [2.45, 2.75) is 25.8 Å². The van der Waals surface area contributed by atoms with E-state index in [2.05, 4.69) is 14.8 Å². The van der Waals surface area contributed by atoms with E-state index in [1.165, 1.54) is 19.1 Å². The highest BCUT2D eigenvalue weighted by atomic mass is 16.5. The third kappa shape index (κ3) is 3.42. The van der Waals surface area contributed by atoms with Crippen molar-refractivity contribution in [2.75, 3.05) is 31.0 Å². The van der Waals surface area contributed by atoms with Crippen LogP contribution in [0.4, 0.5) is 16.2 Å². The fourth-order valence-electron chi connectivity index (χ4n) is 3.36. The van der Waals surface area contributed by atoms with Crippen LogP contribution in [0.5, 0.6) is 0 Å². The number of nitrogens with zero attached hydrogens (tertiary/aromatic N) is 2. The Morgan fingerprint density at radius 2 is 1.96 bits per heavy atom. The van der Waals surface area contributed by atoms with Crippen LogP contribution < -0.4 is 10.2 Å². The Morgan fingerprint density at radius 3 is 2.61 bits per heavy atom. The normalized spacial score (nSPS) is 19.0. The number of amides is 3. The second kappa shape index (κ2) is 7.71.